The molecule has 110 valence electrons. The smallest absolute Gasteiger partial charge is 0.322 e. The fraction of sp³-hybridized carbons (Fsp3) is 0.417. The normalized spacial score (nSPS) is 20.2. The maximum Gasteiger partial charge on any atom is 0.322 e. The van der Waals surface area contributed by atoms with Crippen molar-refractivity contribution in [3.63, 3.8) is 0 Å². The van der Waals surface area contributed by atoms with Crippen LogP contribution in [0.1, 0.15) is 18.4 Å². The minimum Gasteiger partial charge on any atom is -0.480 e. The van der Waals surface area contributed by atoms with Gasteiger partial charge in [0.1, 0.15) is 11.9 Å². The minimum absolute atomic E-state index is 0.0873. The molecule has 0 amide bonds. The van der Waals surface area contributed by atoms with Gasteiger partial charge in [-0.15, -0.1) is 0 Å². The molecule has 1 N–H and O–H groups in total. The van der Waals surface area contributed by atoms with Crippen molar-refractivity contribution >= 4 is 27.6 Å². The quantitative estimate of drug-likeness (QED) is 0.918. The van der Waals surface area contributed by atoms with Crippen LogP contribution in [0.4, 0.5) is 4.39 Å². The van der Waals surface area contributed by atoms with Crippen LogP contribution < -0.4 is 0 Å². The van der Waals surface area contributed by atoms with E-state index in [0.29, 0.717) is 12.8 Å². The predicted molar refractivity (Wildman–Crippen MR) is 71.4 cm³/mol. The summed E-state index contributed by atoms with van der Waals surface area (Å²) in [4.78, 5) is 11.0. The van der Waals surface area contributed by atoms with E-state index in [1.807, 2.05) is 0 Å². The van der Waals surface area contributed by atoms with Gasteiger partial charge in [-0.2, -0.15) is 4.31 Å². The lowest BCUT2D eigenvalue weighted by atomic mass is 10.2. The second-order valence-corrected chi connectivity index (χ2v) is 6.94. The lowest BCUT2D eigenvalue weighted by molar-refractivity contribution is -0.140. The van der Waals surface area contributed by atoms with Crippen molar-refractivity contribution in [1.82, 2.24) is 4.31 Å². The van der Waals surface area contributed by atoms with Crippen molar-refractivity contribution < 1.29 is 22.7 Å². The second kappa shape index (κ2) is 5.67. The highest BCUT2D eigenvalue weighted by Gasteiger charge is 2.38. The molecule has 1 aromatic carbocycles. The molecule has 1 aromatic rings. The van der Waals surface area contributed by atoms with Gasteiger partial charge in [-0.1, -0.05) is 17.7 Å². The zero-order chi connectivity index (χ0) is 14.9. The molecule has 0 aromatic heterocycles. The lowest BCUT2D eigenvalue weighted by Crippen LogP contribution is -2.40. The van der Waals surface area contributed by atoms with E-state index in [-0.39, 0.29) is 17.1 Å². The maximum absolute atomic E-state index is 13.3. The summed E-state index contributed by atoms with van der Waals surface area (Å²) in [6.07, 6.45) is 0.800. The number of sulfonamides is 1. The number of rotatable bonds is 4. The molecule has 1 atom stereocenters. The van der Waals surface area contributed by atoms with Crippen LogP contribution in [-0.2, 0) is 20.6 Å². The molecule has 1 aliphatic rings. The molecule has 2 rings (SSSR count). The number of nitrogens with zero attached hydrogens (tertiary/aromatic N) is 1. The van der Waals surface area contributed by atoms with Crippen LogP contribution >= 0.6 is 11.6 Å². The third-order valence-corrected chi connectivity index (χ3v) is 5.34. The van der Waals surface area contributed by atoms with Crippen LogP contribution in [0, 0.1) is 5.82 Å². The van der Waals surface area contributed by atoms with Crippen LogP contribution in [0.5, 0.6) is 0 Å². The Hall–Kier alpha value is -1.18. The van der Waals surface area contributed by atoms with Gasteiger partial charge in [-0.3, -0.25) is 4.79 Å². The Balaban J connectivity index is 2.22. The highest BCUT2D eigenvalue weighted by molar-refractivity contribution is 7.88. The van der Waals surface area contributed by atoms with Crippen molar-refractivity contribution in [2.45, 2.75) is 24.6 Å². The largest absolute Gasteiger partial charge is 0.480 e. The number of halogens is 2. The molecule has 20 heavy (non-hydrogen) atoms. The van der Waals surface area contributed by atoms with Crippen LogP contribution in [0.25, 0.3) is 0 Å². The van der Waals surface area contributed by atoms with Gasteiger partial charge in [0.2, 0.25) is 10.0 Å². The van der Waals surface area contributed by atoms with Gasteiger partial charge in [-0.05, 0) is 30.5 Å². The van der Waals surface area contributed by atoms with Crippen molar-refractivity contribution in [2.24, 2.45) is 0 Å². The summed E-state index contributed by atoms with van der Waals surface area (Å²) in [5.41, 5.74) is 0.239. The summed E-state index contributed by atoms with van der Waals surface area (Å²) in [6.45, 7) is 0.176. The predicted octanol–water partition coefficient (Wildman–Crippen LogP) is 1.86. The number of carboxylic acid groups (broad SMARTS) is 1. The van der Waals surface area contributed by atoms with E-state index < -0.39 is 33.6 Å². The molecule has 0 bridgehead atoms. The third-order valence-electron chi connectivity index (χ3n) is 3.18. The third kappa shape index (κ3) is 3.11. The van der Waals surface area contributed by atoms with E-state index in [1.54, 1.807) is 0 Å². The molecule has 1 aliphatic heterocycles. The Kier molecular flexibility index (Phi) is 4.31. The Labute approximate surface area is 121 Å². The minimum atomic E-state index is -3.79. The Bertz CT molecular complexity index is 634. The van der Waals surface area contributed by atoms with Gasteiger partial charge in [0.15, 0.2) is 0 Å². The number of carbonyl (C=O) groups is 1. The van der Waals surface area contributed by atoms with E-state index in [2.05, 4.69) is 0 Å². The Morgan fingerprint density at radius 2 is 2.20 bits per heavy atom. The molecule has 0 saturated carbocycles. The Morgan fingerprint density at radius 1 is 1.50 bits per heavy atom. The zero-order valence-corrected chi connectivity index (χ0v) is 12.0. The first kappa shape index (κ1) is 15.2. The van der Waals surface area contributed by atoms with Gasteiger partial charge in [0.25, 0.3) is 0 Å². The second-order valence-electron chi connectivity index (χ2n) is 4.61. The molecule has 8 heteroatoms. The summed E-state index contributed by atoms with van der Waals surface area (Å²) < 4.78 is 38.7. The van der Waals surface area contributed by atoms with E-state index in [9.17, 15) is 17.6 Å². The van der Waals surface area contributed by atoms with Crippen molar-refractivity contribution in [3.05, 3.63) is 34.6 Å². The lowest BCUT2D eigenvalue weighted by Gasteiger charge is -2.20. The van der Waals surface area contributed by atoms with Crippen molar-refractivity contribution in [2.75, 3.05) is 6.54 Å². The van der Waals surface area contributed by atoms with Gasteiger partial charge in [-0.25, -0.2) is 12.8 Å². The van der Waals surface area contributed by atoms with Crippen molar-refractivity contribution in [3.8, 4) is 0 Å². The molecule has 1 saturated heterocycles. The fourth-order valence-corrected chi connectivity index (χ4v) is 4.12. The SMILES string of the molecule is O=C(O)[C@H]1CCCN1S(=O)(=O)Cc1ccc(Cl)c(F)c1. The maximum atomic E-state index is 13.3. The summed E-state index contributed by atoms with van der Waals surface area (Å²) >= 11 is 5.53. The number of hydrogen-bond acceptors (Lipinski definition) is 3. The highest BCUT2D eigenvalue weighted by Crippen LogP contribution is 2.24. The van der Waals surface area contributed by atoms with E-state index in [1.165, 1.54) is 12.1 Å². The van der Waals surface area contributed by atoms with E-state index >= 15 is 0 Å². The highest BCUT2D eigenvalue weighted by atomic mass is 35.5. The topological polar surface area (TPSA) is 74.7 Å². The zero-order valence-electron chi connectivity index (χ0n) is 10.4. The Morgan fingerprint density at radius 3 is 2.80 bits per heavy atom. The molecule has 0 aliphatic carbocycles. The van der Waals surface area contributed by atoms with Gasteiger partial charge < -0.3 is 5.11 Å². The summed E-state index contributed by atoms with van der Waals surface area (Å²) in [5, 5.41) is 8.92. The molecule has 0 radical (unpaired) electrons. The van der Waals surface area contributed by atoms with Gasteiger partial charge in [0.05, 0.1) is 10.8 Å². The molecule has 1 heterocycles. The fourth-order valence-electron chi connectivity index (χ4n) is 2.24. The first-order valence-electron chi connectivity index (χ1n) is 5.97. The number of hydrogen-bond donors (Lipinski definition) is 1. The van der Waals surface area contributed by atoms with Gasteiger partial charge in [0, 0.05) is 6.54 Å². The summed E-state index contributed by atoms with van der Waals surface area (Å²) in [7, 11) is -3.79. The number of benzene rings is 1. The average Bonchev–Trinajstić information content (AvgIpc) is 2.83. The van der Waals surface area contributed by atoms with Crippen LogP contribution in [0.15, 0.2) is 18.2 Å². The van der Waals surface area contributed by atoms with Crippen molar-refractivity contribution in [1.29, 1.82) is 0 Å². The molecule has 1 fully saturated rings. The summed E-state index contributed by atoms with van der Waals surface area (Å²) in [5.74, 6) is -2.30. The van der Waals surface area contributed by atoms with E-state index in [0.717, 1.165) is 10.4 Å². The average molecular weight is 322 g/mol. The molecular weight excluding hydrogens is 309 g/mol. The van der Waals surface area contributed by atoms with Crippen LogP contribution in [0.3, 0.4) is 0 Å². The summed E-state index contributed by atoms with van der Waals surface area (Å²) in [6, 6.07) is 2.71. The molecular formula is C12H13ClFNO4S. The first-order valence-corrected chi connectivity index (χ1v) is 7.96. The van der Waals surface area contributed by atoms with Gasteiger partial charge >= 0.3 is 5.97 Å². The molecule has 5 nitrogen and oxygen atoms in total. The van der Waals surface area contributed by atoms with Crippen LogP contribution in [-0.4, -0.2) is 36.4 Å². The standard InChI is InChI=1S/C12H13ClFNO4S/c13-9-4-3-8(6-10(9)14)7-20(18,19)15-5-1-2-11(15)12(16)17/h3-4,6,11H,1-2,5,7H2,(H,16,17)/t11-/m1/s1. The first-order chi connectivity index (χ1) is 9.31. The number of aliphatic carboxylic acids is 1. The van der Waals surface area contributed by atoms with E-state index in [4.69, 9.17) is 16.7 Å². The monoisotopic (exact) mass is 321 g/mol. The van der Waals surface area contributed by atoms with Crippen LogP contribution in [0.2, 0.25) is 5.02 Å². The molecule has 0 spiro atoms. The molecule has 0 unspecified atom stereocenters. The number of carboxylic acids is 1.